The molecule has 4 atom stereocenters. The number of nitrogens with one attached hydrogen (secondary N) is 1. The Morgan fingerprint density at radius 3 is 2.33 bits per heavy atom. The Hall–Kier alpha value is -0.910. The second-order valence-corrected chi connectivity index (χ2v) is 8.07. The molecule has 1 aliphatic carbocycles. The standard InChI is InChI=1S/C16H26N2O2S/c1-11-4-9-16(12(2)10-11)18-13(3)14-5-7-15(8-6-14)21(17,19)20/h5-8,11-13,16,18H,4,9-10H2,1-3H3,(H2,17,19,20). The second-order valence-electron chi connectivity index (χ2n) is 6.50. The highest BCUT2D eigenvalue weighted by Gasteiger charge is 2.26. The highest BCUT2D eigenvalue weighted by Crippen LogP contribution is 2.30. The van der Waals surface area contributed by atoms with E-state index in [-0.39, 0.29) is 10.9 Å². The van der Waals surface area contributed by atoms with Gasteiger partial charge >= 0.3 is 0 Å². The van der Waals surface area contributed by atoms with E-state index < -0.39 is 10.0 Å². The first kappa shape index (κ1) is 16.5. The number of sulfonamides is 1. The van der Waals surface area contributed by atoms with E-state index in [1.54, 1.807) is 12.1 Å². The predicted molar refractivity (Wildman–Crippen MR) is 85.3 cm³/mol. The molecule has 1 aliphatic rings. The maximum absolute atomic E-state index is 11.3. The fraction of sp³-hybridized carbons (Fsp3) is 0.625. The van der Waals surface area contributed by atoms with Gasteiger partial charge in [0.25, 0.3) is 0 Å². The number of hydrogen-bond acceptors (Lipinski definition) is 3. The number of rotatable bonds is 4. The molecule has 5 heteroatoms. The molecule has 0 bridgehead atoms. The SMILES string of the molecule is CC1CCC(NC(C)c2ccc(S(N)(=O)=O)cc2)C(C)C1. The van der Waals surface area contributed by atoms with Crippen LogP contribution in [0.4, 0.5) is 0 Å². The molecule has 1 saturated carbocycles. The van der Waals surface area contributed by atoms with Crippen molar-refractivity contribution >= 4 is 10.0 Å². The average molecular weight is 310 g/mol. The number of primary sulfonamides is 1. The lowest BCUT2D eigenvalue weighted by Gasteiger charge is -2.35. The molecule has 0 aromatic heterocycles. The highest BCUT2D eigenvalue weighted by molar-refractivity contribution is 7.89. The zero-order chi connectivity index (χ0) is 15.6. The van der Waals surface area contributed by atoms with Gasteiger partial charge in [0, 0.05) is 12.1 Å². The van der Waals surface area contributed by atoms with Gasteiger partial charge in [-0.25, -0.2) is 13.6 Å². The fourth-order valence-electron chi connectivity index (χ4n) is 3.28. The van der Waals surface area contributed by atoms with Crippen molar-refractivity contribution in [2.75, 3.05) is 0 Å². The first-order valence-corrected chi connectivity index (χ1v) is 9.21. The van der Waals surface area contributed by atoms with Gasteiger partial charge in [-0.15, -0.1) is 0 Å². The van der Waals surface area contributed by atoms with Crippen molar-refractivity contribution in [3.8, 4) is 0 Å². The van der Waals surface area contributed by atoms with Gasteiger partial charge in [0.2, 0.25) is 10.0 Å². The van der Waals surface area contributed by atoms with Gasteiger partial charge in [-0.3, -0.25) is 0 Å². The maximum Gasteiger partial charge on any atom is 0.238 e. The Labute approximate surface area is 128 Å². The van der Waals surface area contributed by atoms with Crippen molar-refractivity contribution in [1.82, 2.24) is 5.32 Å². The zero-order valence-corrected chi connectivity index (χ0v) is 13.9. The summed E-state index contributed by atoms with van der Waals surface area (Å²) >= 11 is 0. The van der Waals surface area contributed by atoms with E-state index in [9.17, 15) is 8.42 Å². The van der Waals surface area contributed by atoms with E-state index in [0.29, 0.717) is 12.0 Å². The molecule has 4 unspecified atom stereocenters. The van der Waals surface area contributed by atoms with Crippen LogP contribution >= 0.6 is 0 Å². The Kier molecular flexibility index (Phi) is 5.07. The molecule has 0 aliphatic heterocycles. The molecule has 0 amide bonds. The van der Waals surface area contributed by atoms with E-state index in [2.05, 4.69) is 26.1 Å². The van der Waals surface area contributed by atoms with Crippen molar-refractivity contribution < 1.29 is 8.42 Å². The van der Waals surface area contributed by atoms with Crippen LogP contribution in [0.1, 0.15) is 51.6 Å². The van der Waals surface area contributed by atoms with E-state index in [4.69, 9.17) is 5.14 Å². The third-order valence-electron chi connectivity index (χ3n) is 4.60. The maximum atomic E-state index is 11.3. The van der Waals surface area contributed by atoms with Gasteiger partial charge in [-0.2, -0.15) is 0 Å². The Balaban J connectivity index is 2.02. The lowest BCUT2D eigenvalue weighted by Crippen LogP contribution is -2.40. The summed E-state index contributed by atoms with van der Waals surface area (Å²) < 4.78 is 22.5. The van der Waals surface area contributed by atoms with Crippen molar-refractivity contribution in [2.45, 2.75) is 57.0 Å². The van der Waals surface area contributed by atoms with Crippen LogP contribution in [0.2, 0.25) is 0 Å². The predicted octanol–water partition coefficient (Wildman–Crippen LogP) is 2.81. The summed E-state index contributed by atoms with van der Waals surface area (Å²) in [6, 6.07) is 7.58. The summed E-state index contributed by atoms with van der Waals surface area (Å²) in [7, 11) is -3.61. The third kappa shape index (κ3) is 4.28. The van der Waals surface area contributed by atoms with Crippen LogP contribution < -0.4 is 10.5 Å². The fourth-order valence-corrected chi connectivity index (χ4v) is 3.79. The van der Waals surface area contributed by atoms with E-state index in [1.165, 1.54) is 19.3 Å². The minimum absolute atomic E-state index is 0.165. The molecule has 1 aromatic rings. The van der Waals surface area contributed by atoms with Crippen LogP contribution in [0, 0.1) is 11.8 Å². The summed E-state index contributed by atoms with van der Waals surface area (Å²) in [4.78, 5) is 0.165. The van der Waals surface area contributed by atoms with Gasteiger partial charge in [0.05, 0.1) is 4.90 Å². The largest absolute Gasteiger partial charge is 0.307 e. The molecule has 0 radical (unpaired) electrons. The van der Waals surface area contributed by atoms with Gasteiger partial charge < -0.3 is 5.32 Å². The van der Waals surface area contributed by atoms with Crippen molar-refractivity contribution in [1.29, 1.82) is 0 Å². The third-order valence-corrected chi connectivity index (χ3v) is 5.53. The number of nitrogens with two attached hydrogens (primary N) is 1. The summed E-state index contributed by atoms with van der Waals surface area (Å²) in [6.07, 6.45) is 3.76. The molecule has 0 heterocycles. The van der Waals surface area contributed by atoms with E-state index in [0.717, 1.165) is 11.5 Å². The first-order chi connectivity index (χ1) is 9.77. The summed E-state index contributed by atoms with van der Waals surface area (Å²) in [5.41, 5.74) is 1.09. The van der Waals surface area contributed by atoms with Crippen molar-refractivity contribution in [3.63, 3.8) is 0 Å². The number of benzene rings is 1. The van der Waals surface area contributed by atoms with Crippen LogP contribution in [0.15, 0.2) is 29.2 Å². The van der Waals surface area contributed by atoms with E-state index in [1.807, 2.05) is 12.1 Å². The summed E-state index contributed by atoms with van der Waals surface area (Å²) in [5, 5.41) is 8.80. The summed E-state index contributed by atoms with van der Waals surface area (Å²) in [6.45, 7) is 6.75. The molecule has 4 nitrogen and oxygen atoms in total. The molecule has 3 N–H and O–H groups in total. The summed E-state index contributed by atoms with van der Waals surface area (Å²) in [5.74, 6) is 1.50. The minimum atomic E-state index is -3.61. The molecular weight excluding hydrogens is 284 g/mol. The number of hydrogen-bond donors (Lipinski definition) is 2. The Morgan fingerprint density at radius 1 is 1.19 bits per heavy atom. The lowest BCUT2D eigenvalue weighted by atomic mass is 9.79. The molecule has 1 aromatic carbocycles. The first-order valence-electron chi connectivity index (χ1n) is 7.66. The van der Waals surface area contributed by atoms with Gasteiger partial charge in [-0.1, -0.05) is 26.0 Å². The van der Waals surface area contributed by atoms with Crippen LogP contribution in [-0.2, 0) is 10.0 Å². The normalized spacial score (nSPS) is 28.3. The van der Waals surface area contributed by atoms with Crippen molar-refractivity contribution in [3.05, 3.63) is 29.8 Å². The van der Waals surface area contributed by atoms with Gasteiger partial charge in [0.1, 0.15) is 0 Å². The molecule has 2 rings (SSSR count). The van der Waals surface area contributed by atoms with Crippen LogP contribution in [-0.4, -0.2) is 14.5 Å². The van der Waals surface area contributed by atoms with Gasteiger partial charge in [-0.05, 0) is 55.7 Å². The second kappa shape index (κ2) is 6.46. The Morgan fingerprint density at radius 2 is 1.81 bits per heavy atom. The lowest BCUT2D eigenvalue weighted by molar-refractivity contribution is 0.216. The molecule has 0 spiro atoms. The minimum Gasteiger partial charge on any atom is -0.307 e. The molecule has 118 valence electrons. The molecule has 21 heavy (non-hydrogen) atoms. The van der Waals surface area contributed by atoms with Crippen LogP contribution in [0.25, 0.3) is 0 Å². The smallest absolute Gasteiger partial charge is 0.238 e. The quantitative estimate of drug-likeness (QED) is 0.898. The zero-order valence-electron chi connectivity index (χ0n) is 13.0. The van der Waals surface area contributed by atoms with Crippen LogP contribution in [0.3, 0.4) is 0 Å². The molecular formula is C16H26N2O2S. The average Bonchev–Trinajstić information content (AvgIpc) is 2.41. The van der Waals surface area contributed by atoms with Gasteiger partial charge in [0.15, 0.2) is 0 Å². The topological polar surface area (TPSA) is 72.2 Å². The monoisotopic (exact) mass is 310 g/mol. The molecule has 1 fully saturated rings. The highest BCUT2D eigenvalue weighted by atomic mass is 32.2. The van der Waals surface area contributed by atoms with Crippen molar-refractivity contribution in [2.24, 2.45) is 17.0 Å². The van der Waals surface area contributed by atoms with E-state index >= 15 is 0 Å². The van der Waals surface area contributed by atoms with Crippen LogP contribution in [0.5, 0.6) is 0 Å². The Bertz CT molecular complexity index is 568. The molecule has 0 saturated heterocycles.